The van der Waals surface area contributed by atoms with E-state index in [-0.39, 0.29) is 62.0 Å². The van der Waals surface area contributed by atoms with Crippen LogP contribution >= 0.6 is 0 Å². The van der Waals surface area contributed by atoms with Crippen LogP contribution in [0.5, 0.6) is 0 Å². The van der Waals surface area contributed by atoms with Crippen LogP contribution in [0.25, 0.3) is 0 Å². The summed E-state index contributed by atoms with van der Waals surface area (Å²) in [6, 6.07) is 0. The van der Waals surface area contributed by atoms with Crippen molar-refractivity contribution in [3.63, 3.8) is 0 Å². The van der Waals surface area contributed by atoms with Crippen molar-refractivity contribution in [2.24, 2.45) is 0 Å². The van der Waals surface area contributed by atoms with Crippen LogP contribution in [0.4, 0.5) is 4.79 Å². The van der Waals surface area contributed by atoms with Crippen molar-refractivity contribution in [2.45, 2.75) is 19.8 Å². The van der Waals surface area contributed by atoms with Gasteiger partial charge in [0, 0.05) is 0 Å². The van der Waals surface area contributed by atoms with Gasteiger partial charge in [-0.05, 0) is 6.42 Å². The number of unbranched alkanes of at least 4 members (excludes halogenated alkanes) is 1. The second-order valence-electron chi connectivity index (χ2n) is 1.47. The van der Waals surface area contributed by atoms with E-state index < -0.39 is 6.16 Å². The number of rotatable bonds is 3. The number of hydrogen-bond donors (Lipinski definition) is 1. The summed E-state index contributed by atoms with van der Waals surface area (Å²) in [5.74, 6) is 0. The van der Waals surface area contributed by atoms with E-state index in [1.54, 1.807) is 0 Å². The Bertz CT molecular complexity index is 85.1. The van der Waals surface area contributed by atoms with Gasteiger partial charge in [0.25, 0.3) is 0 Å². The molecule has 0 amide bonds. The van der Waals surface area contributed by atoms with Crippen molar-refractivity contribution in [1.82, 2.24) is 0 Å². The molecule has 0 heterocycles. The van der Waals surface area contributed by atoms with E-state index in [0.717, 1.165) is 12.8 Å². The van der Waals surface area contributed by atoms with E-state index in [9.17, 15) is 4.79 Å². The molecule has 0 saturated carbocycles. The van der Waals surface area contributed by atoms with Crippen LogP contribution in [-0.2, 0) is 4.74 Å². The molecule has 5 heteroatoms. The topological polar surface area (TPSA) is 46.5 Å². The standard InChI is InChI=1S/C5H10O3.2Na.2H/c1-2-3-4-8-5(6)7;;;;/h2-4H2,1H3,(H,6,7);;;;/q;2*+1;2*-1. The van der Waals surface area contributed by atoms with Crippen molar-refractivity contribution in [2.75, 3.05) is 6.61 Å². The van der Waals surface area contributed by atoms with Crippen LogP contribution in [0.3, 0.4) is 0 Å². The van der Waals surface area contributed by atoms with E-state index in [2.05, 4.69) is 4.74 Å². The first-order valence-electron chi connectivity index (χ1n) is 2.63. The number of hydrogen-bond acceptors (Lipinski definition) is 2. The molecule has 0 aliphatic heterocycles. The molecule has 0 atom stereocenters. The van der Waals surface area contributed by atoms with Gasteiger partial charge in [-0.2, -0.15) is 0 Å². The van der Waals surface area contributed by atoms with Gasteiger partial charge >= 0.3 is 65.3 Å². The Balaban J connectivity index is -0.0000000408. The minimum Gasteiger partial charge on any atom is -1.00 e. The third kappa shape index (κ3) is 16.1. The maximum atomic E-state index is 9.65. The van der Waals surface area contributed by atoms with E-state index in [1.165, 1.54) is 0 Å². The average molecular weight is 166 g/mol. The Labute approximate surface area is 108 Å². The van der Waals surface area contributed by atoms with Crippen LogP contribution in [0, 0.1) is 0 Å². The molecule has 0 rings (SSSR count). The van der Waals surface area contributed by atoms with Crippen LogP contribution in [0.15, 0.2) is 0 Å². The molecule has 0 aliphatic carbocycles. The summed E-state index contributed by atoms with van der Waals surface area (Å²) in [6.07, 6.45) is 0.595. The third-order valence-corrected chi connectivity index (χ3v) is 0.723. The zero-order chi connectivity index (χ0) is 6.41. The smallest absolute Gasteiger partial charge is 1.00 e. The predicted molar refractivity (Wildman–Crippen MR) is 31.1 cm³/mol. The largest absolute Gasteiger partial charge is 1.00 e. The maximum absolute atomic E-state index is 9.65. The fourth-order valence-electron chi connectivity index (χ4n) is 0.304. The molecule has 0 aliphatic rings. The maximum Gasteiger partial charge on any atom is 1.00 e. The quantitative estimate of drug-likeness (QED) is 0.262. The first-order valence-corrected chi connectivity index (χ1v) is 2.63. The normalized spacial score (nSPS) is 6.90. The average Bonchev–Trinajstić information content (AvgIpc) is 1.66. The molecule has 0 unspecified atom stereocenters. The van der Waals surface area contributed by atoms with Crippen LogP contribution < -0.4 is 59.1 Å². The molecule has 52 valence electrons. The molecule has 1 N–H and O–H groups in total. The number of carbonyl (C=O) groups is 1. The SMILES string of the molecule is CCCCOC(=O)O.[H-].[H-].[Na+].[Na+]. The molecule has 0 aromatic rings. The summed E-state index contributed by atoms with van der Waals surface area (Å²) in [5.41, 5.74) is 0. The van der Waals surface area contributed by atoms with Crippen molar-refractivity contribution < 1.29 is 76.6 Å². The van der Waals surface area contributed by atoms with Crippen molar-refractivity contribution in [3.8, 4) is 0 Å². The van der Waals surface area contributed by atoms with Crippen LogP contribution in [-0.4, -0.2) is 17.9 Å². The molecule has 0 fully saturated rings. The number of ether oxygens (including phenoxy) is 1. The first kappa shape index (κ1) is 17.4. The van der Waals surface area contributed by atoms with E-state index in [1.807, 2.05) is 6.92 Å². The monoisotopic (exact) mass is 166 g/mol. The zero-order valence-electron chi connectivity index (χ0n) is 8.89. The van der Waals surface area contributed by atoms with E-state index >= 15 is 0 Å². The minimum atomic E-state index is -1.18. The second kappa shape index (κ2) is 12.9. The summed E-state index contributed by atoms with van der Waals surface area (Å²) < 4.78 is 4.20. The van der Waals surface area contributed by atoms with Gasteiger partial charge in [-0.15, -0.1) is 0 Å². The Morgan fingerprint density at radius 2 is 2.10 bits per heavy atom. The van der Waals surface area contributed by atoms with Gasteiger partial charge in [-0.3, -0.25) is 0 Å². The molecule has 0 radical (unpaired) electrons. The zero-order valence-corrected chi connectivity index (χ0v) is 10.9. The van der Waals surface area contributed by atoms with Crippen molar-refractivity contribution in [3.05, 3.63) is 0 Å². The minimum absolute atomic E-state index is 0. The molecule has 0 saturated heterocycles. The van der Waals surface area contributed by atoms with E-state index in [0.29, 0.717) is 6.61 Å². The second-order valence-corrected chi connectivity index (χ2v) is 1.47. The third-order valence-electron chi connectivity index (χ3n) is 0.723. The van der Waals surface area contributed by atoms with Gasteiger partial charge in [0.15, 0.2) is 0 Å². The molecule has 3 nitrogen and oxygen atoms in total. The van der Waals surface area contributed by atoms with Crippen molar-refractivity contribution in [1.29, 1.82) is 0 Å². The Hall–Kier alpha value is 1.27. The molecular formula is C5H12Na2O3. The van der Waals surface area contributed by atoms with Gasteiger partial charge in [-0.25, -0.2) is 4.79 Å². The van der Waals surface area contributed by atoms with E-state index in [4.69, 9.17) is 5.11 Å². The number of carboxylic acid groups (broad SMARTS) is 1. The summed E-state index contributed by atoms with van der Waals surface area (Å²) in [5, 5.41) is 7.92. The fourth-order valence-corrected chi connectivity index (χ4v) is 0.304. The fraction of sp³-hybridized carbons (Fsp3) is 0.800. The van der Waals surface area contributed by atoms with Crippen LogP contribution in [0.2, 0.25) is 0 Å². The Kier molecular flexibility index (Phi) is 22.4. The summed E-state index contributed by atoms with van der Waals surface area (Å²) in [4.78, 5) is 9.65. The predicted octanol–water partition coefficient (Wildman–Crippen LogP) is -4.29. The molecule has 0 aromatic heterocycles. The molecule has 0 aromatic carbocycles. The van der Waals surface area contributed by atoms with Gasteiger partial charge in [0.05, 0.1) is 6.61 Å². The Morgan fingerprint density at radius 3 is 2.40 bits per heavy atom. The van der Waals surface area contributed by atoms with Gasteiger partial charge in [-0.1, -0.05) is 13.3 Å². The van der Waals surface area contributed by atoms with Gasteiger partial charge in [0.2, 0.25) is 0 Å². The first-order chi connectivity index (χ1) is 3.77. The van der Waals surface area contributed by atoms with Gasteiger partial charge in [0.1, 0.15) is 0 Å². The summed E-state index contributed by atoms with van der Waals surface area (Å²) in [7, 11) is 0. The molecular weight excluding hydrogens is 154 g/mol. The van der Waals surface area contributed by atoms with Crippen molar-refractivity contribution >= 4 is 6.16 Å². The Morgan fingerprint density at radius 1 is 1.60 bits per heavy atom. The molecule has 0 bridgehead atoms. The molecule has 10 heavy (non-hydrogen) atoms. The van der Waals surface area contributed by atoms with Gasteiger partial charge < -0.3 is 12.7 Å². The summed E-state index contributed by atoms with van der Waals surface area (Å²) >= 11 is 0. The van der Waals surface area contributed by atoms with Crippen LogP contribution in [0.1, 0.15) is 22.6 Å². The summed E-state index contributed by atoms with van der Waals surface area (Å²) in [6.45, 7) is 2.30. The molecule has 0 spiro atoms.